The molecule has 0 amide bonds. The standard InChI is InChI=1S/C54H35NO/c1-3-14-44-38(11-1)13-9-19-45(44)39-29-33-43(34-30-39)55(52-35-41-12-2-4-15-46(41)48-16-5-6-17-49(48)52)42-31-27-37(28-32-42)36-23-25-40(26-24-36)47-20-10-21-51-50-18-7-8-22-53(50)56-54(47)51/h1-35H. The molecule has 0 fully saturated rings. The molecule has 262 valence electrons. The molecule has 0 radical (unpaired) electrons. The molecule has 2 nitrogen and oxygen atoms in total. The van der Waals surface area contributed by atoms with Crippen molar-refractivity contribution in [3.8, 4) is 33.4 Å². The molecule has 56 heavy (non-hydrogen) atoms. The third-order valence-electron chi connectivity index (χ3n) is 11.3. The van der Waals surface area contributed by atoms with Gasteiger partial charge in [0.05, 0.1) is 5.69 Å². The Morgan fingerprint density at radius 1 is 0.304 bits per heavy atom. The highest BCUT2D eigenvalue weighted by atomic mass is 16.3. The summed E-state index contributed by atoms with van der Waals surface area (Å²) in [7, 11) is 0. The van der Waals surface area contributed by atoms with Crippen LogP contribution in [-0.4, -0.2) is 0 Å². The van der Waals surface area contributed by atoms with Crippen LogP contribution in [0.3, 0.4) is 0 Å². The molecule has 0 aliphatic rings. The second-order valence-corrected chi connectivity index (χ2v) is 14.5. The molecule has 1 aromatic heterocycles. The summed E-state index contributed by atoms with van der Waals surface area (Å²) < 4.78 is 6.35. The number of nitrogens with zero attached hydrogens (tertiary/aromatic N) is 1. The van der Waals surface area contributed by atoms with Crippen LogP contribution in [0.1, 0.15) is 0 Å². The average molecular weight is 714 g/mol. The van der Waals surface area contributed by atoms with E-state index in [4.69, 9.17) is 4.42 Å². The van der Waals surface area contributed by atoms with Crippen LogP contribution in [0, 0.1) is 0 Å². The van der Waals surface area contributed by atoms with Crippen molar-refractivity contribution < 1.29 is 4.42 Å². The van der Waals surface area contributed by atoms with Gasteiger partial charge < -0.3 is 9.32 Å². The fourth-order valence-electron chi connectivity index (χ4n) is 8.53. The van der Waals surface area contributed by atoms with Crippen molar-refractivity contribution in [2.75, 3.05) is 4.90 Å². The molecule has 0 spiro atoms. The molecule has 11 aromatic rings. The van der Waals surface area contributed by atoms with Crippen molar-refractivity contribution in [1.29, 1.82) is 0 Å². The van der Waals surface area contributed by atoms with E-state index in [0.717, 1.165) is 55.7 Å². The smallest absolute Gasteiger partial charge is 0.143 e. The predicted octanol–water partition coefficient (Wildman–Crippen LogP) is 15.5. The van der Waals surface area contributed by atoms with Gasteiger partial charge in [0.2, 0.25) is 0 Å². The summed E-state index contributed by atoms with van der Waals surface area (Å²) in [6, 6.07) is 76.5. The van der Waals surface area contributed by atoms with Crippen LogP contribution in [0.2, 0.25) is 0 Å². The van der Waals surface area contributed by atoms with Gasteiger partial charge >= 0.3 is 0 Å². The first-order valence-corrected chi connectivity index (χ1v) is 19.2. The Labute approximate surface area is 325 Å². The van der Waals surface area contributed by atoms with E-state index >= 15 is 0 Å². The van der Waals surface area contributed by atoms with Gasteiger partial charge in [-0.3, -0.25) is 0 Å². The summed E-state index contributed by atoms with van der Waals surface area (Å²) in [4.78, 5) is 2.41. The lowest BCUT2D eigenvalue weighted by molar-refractivity contribution is 0.670. The summed E-state index contributed by atoms with van der Waals surface area (Å²) in [5.74, 6) is 0. The van der Waals surface area contributed by atoms with Crippen LogP contribution in [0.4, 0.5) is 17.1 Å². The maximum Gasteiger partial charge on any atom is 0.143 e. The van der Waals surface area contributed by atoms with Gasteiger partial charge in [0, 0.05) is 33.1 Å². The number of anilines is 3. The Balaban J connectivity index is 0.996. The molecule has 0 unspecified atom stereocenters. The fraction of sp³-hybridized carbons (Fsp3) is 0. The summed E-state index contributed by atoms with van der Waals surface area (Å²) in [5.41, 5.74) is 12.2. The molecule has 0 bridgehead atoms. The van der Waals surface area contributed by atoms with Crippen molar-refractivity contribution in [1.82, 2.24) is 0 Å². The Morgan fingerprint density at radius 2 is 0.786 bits per heavy atom. The van der Waals surface area contributed by atoms with Gasteiger partial charge in [-0.2, -0.15) is 0 Å². The average Bonchev–Trinajstić information content (AvgIpc) is 3.66. The molecule has 2 heteroatoms. The van der Waals surface area contributed by atoms with E-state index < -0.39 is 0 Å². The topological polar surface area (TPSA) is 16.4 Å². The van der Waals surface area contributed by atoms with Gasteiger partial charge in [0.15, 0.2) is 0 Å². The minimum absolute atomic E-state index is 0.915. The Hall–Kier alpha value is -7.42. The molecule has 11 rings (SSSR count). The van der Waals surface area contributed by atoms with Crippen molar-refractivity contribution >= 4 is 71.3 Å². The SMILES string of the molecule is c1ccc2c(-c3ccc(N(c4ccc(-c5ccc(-c6cccc7c6oc6ccccc67)cc5)cc4)c4cc5ccccc5c5ccccc45)cc3)cccc2c1. The van der Waals surface area contributed by atoms with Crippen molar-refractivity contribution in [2.45, 2.75) is 0 Å². The summed E-state index contributed by atoms with van der Waals surface area (Å²) in [5, 5.41) is 9.72. The number of furan rings is 1. The first-order valence-electron chi connectivity index (χ1n) is 19.2. The maximum absolute atomic E-state index is 6.35. The molecule has 0 atom stereocenters. The Kier molecular flexibility index (Phi) is 7.53. The van der Waals surface area contributed by atoms with Crippen molar-refractivity contribution in [3.05, 3.63) is 212 Å². The zero-order valence-corrected chi connectivity index (χ0v) is 30.6. The summed E-state index contributed by atoms with van der Waals surface area (Å²) >= 11 is 0. The summed E-state index contributed by atoms with van der Waals surface area (Å²) in [6.45, 7) is 0. The molecular formula is C54H35NO. The minimum atomic E-state index is 0.915. The first-order chi connectivity index (χ1) is 27.8. The van der Waals surface area contributed by atoms with E-state index in [1.165, 1.54) is 49.0 Å². The largest absolute Gasteiger partial charge is 0.455 e. The van der Waals surface area contributed by atoms with Crippen molar-refractivity contribution in [2.24, 2.45) is 0 Å². The highest BCUT2D eigenvalue weighted by Crippen LogP contribution is 2.43. The van der Waals surface area contributed by atoms with E-state index in [9.17, 15) is 0 Å². The predicted molar refractivity (Wildman–Crippen MR) is 237 cm³/mol. The van der Waals surface area contributed by atoms with E-state index in [-0.39, 0.29) is 0 Å². The lowest BCUT2D eigenvalue weighted by atomic mass is 9.97. The zero-order chi connectivity index (χ0) is 37.0. The quantitative estimate of drug-likeness (QED) is 0.160. The van der Waals surface area contributed by atoms with Crippen LogP contribution in [0.5, 0.6) is 0 Å². The number of rotatable bonds is 6. The van der Waals surface area contributed by atoms with Crippen LogP contribution in [0.15, 0.2) is 217 Å². The normalized spacial score (nSPS) is 11.6. The third-order valence-corrected chi connectivity index (χ3v) is 11.3. The van der Waals surface area contributed by atoms with Crippen LogP contribution in [0.25, 0.3) is 87.6 Å². The molecule has 0 aliphatic heterocycles. The van der Waals surface area contributed by atoms with Gasteiger partial charge in [0.1, 0.15) is 11.2 Å². The number of hydrogen-bond donors (Lipinski definition) is 0. The number of para-hydroxylation sites is 2. The molecule has 0 N–H and O–H groups in total. The number of fused-ring (bicyclic) bond motifs is 7. The maximum atomic E-state index is 6.35. The second-order valence-electron chi connectivity index (χ2n) is 14.5. The van der Waals surface area contributed by atoms with Gasteiger partial charge in [-0.15, -0.1) is 0 Å². The molecule has 0 saturated heterocycles. The molecular weight excluding hydrogens is 679 g/mol. The lowest BCUT2D eigenvalue weighted by Gasteiger charge is -2.28. The summed E-state index contributed by atoms with van der Waals surface area (Å²) in [6.07, 6.45) is 0. The first kappa shape index (κ1) is 32.0. The molecule has 0 aliphatic carbocycles. The van der Waals surface area contributed by atoms with Gasteiger partial charge in [-0.25, -0.2) is 0 Å². The Morgan fingerprint density at radius 3 is 1.54 bits per heavy atom. The van der Waals surface area contributed by atoms with E-state index in [1.54, 1.807) is 0 Å². The van der Waals surface area contributed by atoms with Gasteiger partial charge in [-0.05, 0) is 91.1 Å². The van der Waals surface area contributed by atoms with Gasteiger partial charge in [0.25, 0.3) is 0 Å². The van der Waals surface area contributed by atoms with E-state index in [0.29, 0.717) is 0 Å². The molecule has 10 aromatic carbocycles. The third kappa shape index (κ3) is 5.34. The van der Waals surface area contributed by atoms with E-state index in [2.05, 4.69) is 205 Å². The monoisotopic (exact) mass is 713 g/mol. The number of hydrogen-bond acceptors (Lipinski definition) is 2. The van der Waals surface area contributed by atoms with Crippen molar-refractivity contribution in [3.63, 3.8) is 0 Å². The lowest BCUT2D eigenvalue weighted by Crippen LogP contribution is -2.10. The Bertz CT molecular complexity index is 3220. The fourth-order valence-corrected chi connectivity index (χ4v) is 8.53. The van der Waals surface area contributed by atoms with Crippen LogP contribution in [-0.2, 0) is 0 Å². The minimum Gasteiger partial charge on any atom is -0.455 e. The van der Waals surface area contributed by atoms with Gasteiger partial charge in [-0.1, -0.05) is 176 Å². The highest BCUT2D eigenvalue weighted by Gasteiger charge is 2.18. The van der Waals surface area contributed by atoms with Crippen LogP contribution >= 0.6 is 0 Å². The zero-order valence-electron chi connectivity index (χ0n) is 30.6. The highest BCUT2D eigenvalue weighted by molar-refractivity contribution is 6.15. The second kappa shape index (κ2) is 13.2. The van der Waals surface area contributed by atoms with E-state index in [1.807, 2.05) is 12.1 Å². The molecule has 1 heterocycles. The number of benzene rings is 10. The van der Waals surface area contributed by atoms with Crippen LogP contribution < -0.4 is 4.90 Å². The molecule has 0 saturated carbocycles.